The van der Waals surface area contributed by atoms with E-state index in [9.17, 15) is 0 Å². The summed E-state index contributed by atoms with van der Waals surface area (Å²) in [7, 11) is 0. The molecular formula is C18H18BrN3S. The van der Waals surface area contributed by atoms with Crippen molar-refractivity contribution in [2.24, 2.45) is 5.92 Å². The van der Waals surface area contributed by atoms with Crippen LogP contribution in [0.5, 0.6) is 0 Å². The van der Waals surface area contributed by atoms with Crippen LogP contribution in [0.4, 0.5) is 11.5 Å². The Bertz CT molecular complexity index is 887. The second-order valence-electron chi connectivity index (χ2n) is 6.34. The average Bonchev–Trinajstić information content (AvgIpc) is 2.89. The fourth-order valence-electron chi connectivity index (χ4n) is 3.18. The molecule has 0 aliphatic heterocycles. The highest BCUT2D eigenvalue weighted by Gasteiger charge is 2.23. The monoisotopic (exact) mass is 387 g/mol. The van der Waals surface area contributed by atoms with Gasteiger partial charge in [-0.25, -0.2) is 9.97 Å². The Labute approximate surface area is 148 Å². The van der Waals surface area contributed by atoms with Gasteiger partial charge in [0, 0.05) is 15.0 Å². The Morgan fingerprint density at radius 2 is 2.17 bits per heavy atom. The van der Waals surface area contributed by atoms with Crippen LogP contribution in [0.25, 0.3) is 10.2 Å². The maximum Gasteiger partial charge on any atom is 0.142 e. The molecule has 3 aromatic rings. The van der Waals surface area contributed by atoms with Crippen molar-refractivity contribution < 1.29 is 0 Å². The number of nitrogens with zero attached hydrogens (tertiary/aromatic N) is 2. The lowest BCUT2D eigenvalue weighted by Crippen LogP contribution is -2.09. The summed E-state index contributed by atoms with van der Waals surface area (Å²) in [5, 5.41) is 4.71. The van der Waals surface area contributed by atoms with Crippen molar-refractivity contribution in [1.82, 2.24) is 9.97 Å². The Kier molecular flexibility index (Phi) is 3.85. The second-order valence-corrected chi connectivity index (χ2v) is 8.28. The molecule has 2 aromatic heterocycles. The van der Waals surface area contributed by atoms with Gasteiger partial charge in [-0.3, -0.25) is 0 Å². The number of aryl methyl sites for hydroxylation is 2. The van der Waals surface area contributed by atoms with Gasteiger partial charge in [0.2, 0.25) is 0 Å². The Balaban J connectivity index is 1.79. The summed E-state index contributed by atoms with van der Waals surface area (Å²) >= 11 is 5.43. The molecule has 0 bridgehead atoms. The lowest BCUT2D eigenvalue weighted by molar-refractivity contribution is 0.509. The Morgan fingerprint density at radius 3 is 3.00 bits per heavy atom. The molecule has 0 saturated carbocycles. The first-order chi connectivity index (χ1) is 11.1. The average molecular weight is 388 g/mol. The third-order valence-electron chi connectivity index (χ3n) is 4.53. The Hall–Kier alpha value is -1.46. The zero-order valence-electron chi connectivity index (χ0n) is 13.2. The highest BCUT2D eigenvalue weighted by molar-refractivity contribution is 9.10. The zero-order chi connectivity index (χ0) is 16.0. The molecule has 0 radical (unpaired) electrons. The SMILES string of the molecule is Cc1ccc(Nc2ncnc3sc4c(c23)CC[C@@H](C)C4)cc1Br. The second kappa shape index (κ2) is 5.87. The first-order valence-electron chi connectivity index (χ1n) is 7.90. The minimum Gasteiger partial charge on any atom is -0.340 e. The van der Waals surface area contributed by atoms with Crippen molar-refractivity contribution in [2.45, 2.75) is 33.1 Å². The zero-order valence-corrected chi connectivity index (χ0v) is 15.6. The van der Waals surface area contributed by atoms with Crippen molar-refractivity contribution in [1.29, 1.82) is 0 Å². The fraction of sp³-hybridized carbons (Fsp3) is 0.333. The number of benzene rings is 1. The number of rotatable bonds is 2. The van der Waals surface area contributed by atoms with E-state index in [1.165, 1.54) is 34.2 Å². The number of halogens is 1. The molecule has 0 fully saturated rings. The van der Waals surface area contributed by atoms with Crippen LogP contribution in [0.1, 0.15) is 29.3 Å². The summed E-state index contributed by atoms with van der Waals surface area (Å²) in [4.78, 5) is 11.6. The molecule has 2 heterocycles. The minimum absolute atomic E-state index is 0.771. The van der Waals surface area contributed by atoms with Crippen molar-refractivity contribution in [3.8, 4) is 0 Å². The van der Waals surface area contributed by atoms with E-state index in [2.05, 4.69) is 63.3 Å². The lowest BCUT2D eigenvalue weighted by atomic mass is 9.89. The molecule has 1 N–H and O–H groups in total. The van der Waals surface area contributed by atoms with Gasteiger partial charge >= 0.3 is 0 Å². The van der Waals surface area contributed by atoms with Crippen LogP contribution >= 0.6 is 27.3 Å². The molecule has 5 heteroatoms. The van der Waals surface area contributed by atoms with Gasteiger partial charge in [-0.2, -0.15) is 0 Å². The topological polar surface area (TPSA) is 37.8 Å². The van der Waals surface area contributed by atoms with Crippen LogP contribution < -0.4 is 5.32 Å². The molecule has 1 aliphatic carbocycles. The smallest absolute Gasteiger partial charge is 0.142 e. The first-order valence-corrected chi connectivity index (χ1v) is 9.51. The summed E-state index contributed by atoms with van der Waals surface area (Å²) in [6.45, 7) is 4.43. The van der Waals surface area contributed by atoms with Gasteiger partial charge in [0.25, 0.3) is 0 Å². The standard InChI is InChI=1S/C18H18BrN3S/c1-10-3-6-13-15(7-10)23-18-16(13)17(20-9-21-18)22-12-5-4-11(2)14(19)8-12/h4-5,8-10H,3,6-7H2,1-2H3,(H,20,21,22)/t10-/m1/s1. The molecule has 1 aliphatic rings. The van der Waals surface area contributed by atoms with E-state index in [1.807, 2.05) is 11.3 Å². The van der Waals surface area contributed by atoms with Gasteiger partial charge in [0.05, 0.1) is 5.39 Å². The minimum atomic E-state index is 0.771. The van der Waals surface area contributed by atoms with Crippen molar-refractivity contribution in [3.63, 3.8) is 0 Å². The normalized spacial score (nSPS) is 17.3. The highest BCUT2D eigenvalue weighted by atomic mass is 79.9. The molecule has 1 atom stereocenters. The number of hydrogen-bond acceptors (Lipinski definition) is 4. The number of fused-ring (bicyclic) bond motifs is 3. The number of hydrogen-bond donors (Lipinski definition) is 1. The predicted octanol–water partition coefficient (Wildman–Crippen LogP) is 5.63. The first kappa shape index (κ1) is 15.1. The van der Waals surface area contributed by atoms with Crippen LogP contribution in [-0.4, -0.2) is 9.97 Å². The number of aromatic nitrogens is 2. The Morgan fingerprint density at radius 1 is 1.30 bits per heavy atom. The maximum absolute atomic E-state index is 4.52. The number of thiophene rings is 1. The van der Waals surface area contributed by atoms with Crippen LogP contribution in [0.3, 0.4) is 0 Å². The van der Waals surface area contributed by atoms with Gasteiger partial charge in [0.15, 0.2) is 0 Å². The largest absolute Gasteiger partial charge is 0.340 e. The van der Waals surface area contributed by atoms with Crippen LogP contribution in [0.2, 0.25) is 0 Å². The maximum atomic E-state index is 4.52. The van der Waals surface area contributed by atoms with Crippen LogP contribution in [-0.2, 0) is 12.8 Å². The summed E-state index contributed by atoms with van der Waals surface area (Å²) in [6, 6.07) is 6.30. The van der Waals surface area contributed by atoms with E-state index in [0.29, 0.717) is 0 Å². The van der Waals surface area contributed by atoms with Crippen molar-refractivity contribution >= 4 is 49.0 Å². The molecule has 1 aromatic carbocycles. The van der Waals surface area contributed by atoms with E-state index in [0.717, 1.165) is 33.1 Å². The molecule has 3 nitrogen and oxygen atoms in total. The summed E-state index contributed by atoms with van der Waals surface area (Å²) in [5.74, 6) is 1.70. The van der Waals surface area contributed by atoms with Gasteiger partial charge in [-0.15, -0.1) is 11.3 Å². The molecule has 4 rings (SSSR count). The molecule has 118 valence electrons. The van der Waals surface area contributed by atoms with Gasteiger partial charge in [-0.05, 0) is 55.4 Å². The molecule has 0 saturated heterocycles. The van der Waals surface area contributed by atoms with Gasteiger partial charge in [0.1, 0.15) is 17.0 Å². The number of anilines is 2. The lowest BCUT2D eigenvalue weighted by Gasteiger charge is -2.18. The third kappa shape index (κ3) is 2.76. The van der Waals surface area contributed by atoms with E-state index in [1.54, 1.807) is 6.33 Å². The number of nitrogens with one attached hydrogen (secondary N) is 1. The molecule has 23 heavy (non-hydrogen) atoms. The third-order valence-corrected chi connectivity index (χ3v) is 6.54. The van der Waals surface area contributed by atoms with E-state index in [-0.39, 0.29) is 0 Å². The van der Waals surface area contributed by atoms with Crippen LogP contribution in [0.15, 0.2) is 29.0 Å². The fourth-order valence-corrected chi connectivity index (χ4v) is 4.91. The quantitative estimate of drug-likeness (QED) is 0.618. The highest BCUT2D eigenvalue weighted by Crippen LogP contribution is 2.40. The predicted molar refractivity (Wildman–Crippen MR) is 101 cm³/mol. The molecular weight excluding hydrogens is 370 g/mol. The van der Waals surface area contributed by atoms with E-state index in [4.69, 9.17) is 0 Å². The van der Waals surface area contributed by atoms with Gasteiger partial charge in [-0.1, -0.05) is 28.9 Å². The van der Waals surface area contributed by atoms with Crippen LogP contribution in [0, 0.1) is 12.8 Å². The van der Waals surface area contributed by atoms with Crippen molar-refractivity contribution in [2.75, 3.05) is 5.32 Å². The van der Waals surface area contributed by atoms with Gasteiger partial charge < -0.3 is 5.32 Å². The summed E-state index contributed by atoms with van der Waals surface area (Å²) in [5.41, 5.74) is 3.73. The van der Waals surface area contributed by atoms with E-state index >= 15 is 0 Å². The molecule has 0 spiro atoms. The summed E-state index contributed by atoms with van der Waals surface area (Å²) < 4.78 is 1.11. The van der Waals surface area contributed by atoms with E-state index < -0.39 is 0 Å². The van der Waals surface area contributed by atoms with Crippen molar-refractivity contribution in [3.05, 3.63) is 45.0 Å². The molecule has 0 unspecified atom stereocenters. The molecule has 0 amide bonds. The summed E-state index contributed by atoms with van der Waals surface area (Å²) in [6.07, 6.45) is 5.23.